The van der Waals surface area contributed by atoms with Crippen molar-refractivity contribution in [3.05, 3.63) is 63.0 Å². The third-order valence-electron chi connectivity index (χ3n) is 2.53. The van der Waals surface area contributed by atoms with Gasteiger partial charge in [0, 0.05) is 9.26 Å². The van der Waals surface area contributed by atoms with Gasteiger partial charge in [0.1, 0.15) is 5.82 Å². The van der Waals surface area contributed by atoms with Crippen LogP contribution in [-0.2, 0) is 0 Å². The maximum atomic E-state index is 13.1. The molecule has 0 unspecified atom stereocenters. The van der Waals surface area contributed by atoms with E-state index < -0.39 is 0 Å². The Morgan fingerprint density at radius 2 is 1.94 bits per heavy atom. The molecule has 0 saturated heterocycles. The van der Waals surface area contributed by atoms with Crippen LogP contribution in [0.4, 0.5) is 10.1 Å². The van der Waals surface area contributed by atoms with Crippen molar-refractivity contribution in [1.82, 2.24) is 0 Å². The number of carbonyl (C=O) groups excluding carboxylic acids is 1. The number of hydrogen-bond donors (Lipinski definition) is 1. The molecule has 0 saturated carbocycles. The Kier molecular flexibility index (Phi) is 3.96. The summed E-state index contributed by atoms with van der Waals surface area (Å²) < 4.78 is 14.0. The molecule has 2 rings (SSSR count). The summed E-state index contributed by atoms with van der Waals surface area (Å²) in [5, 5.41) is 2.76. The average molecular weight is 355 g/mol. The summed E-state index contributed by atoms with van der Waals surface area (Å²) >= 11 is 2.11. The molecule has 2 aromatic rings. The van der Waals surface area contributed by atoms with Gasteiger partial charge < -0.3 is 5.32 Å². The molecule has 2 nitrogen and oxygen atoms in total. The zero-order valence-electron chi connectivity index (χ0n) is 9.71. The van der Waals surface area contributed by atoms with Gasteiger partial charge in [-0.25, -0.2) is 4.39 Å². The van der Waals surface area contributed by atoms with Gasteiger partial charge in [-0.05, 0) is 65.4 Å². The van der Waals surface area contributed by atoms with Crippen molar-refractivity contribution in [2.24, 2.45) is 0 Å². The van der Waals surface area contributed by atoms with E-state index in [2.05, 4.69) is 27.9 Å². The van der Waals surface area contributed by atoms with Crippen LogP contribution in [0.2, 0.25) is 0 Å². The fourth-order valence-corrected chi connectivity index (χ4v) is 2.20. The second-order valence-electron chi connectivity index (χ2n) is 3.90. The number of aryl methyl sites for hydroxylation is 1. The Hall–Kier alpha value is -1.43. The molecule has 18 heavy (non-hydrogen) atoms. The Bertz CT molecular complexity index is 598. The van der Waals surface area contributed by atoms with Crippen LogP contribution in [0.15, 0.2) is 42.5 Å². The molecule has 1 N–H and O–H groups in total. The van der Waals surface area contributed by atoms with E-state index in [4.69, 9.17) is 0 Å². The highest BCUT2D eigenvalue weighted by Crippen LogP contribution is 2.17. The number of hydrogen-bond acceptors (Lipinski definition) is 1. The molecule has 0 spiro atoms. The Morgan fingerprint density at radius 3 is 2.61 bits per heavy atom. The van der Waals surface area contributed by atoms with Gasteiger partial charge >= 0.3 is 0 Å². The molecule has 1 amide bonds. The standard InChI is InChI=1S/C14H11FINO/c1-9-8-10(6-7-12(9)15)17-14(18)11-4-2-3-5-13(11)16/h2-8H,1H3,(H,17,18). The minimum atomic E-state index is -0.276. The second-order valence-corrected chi connectivity index (χ2v) is 5.06. The predicted molar refractivity (Wildman–Crippen MR) is 78.2 cm³/mol. The Labute approximate surface area is 118 Å². The molecular weight excluding hydrogens is 344 g/mol. The van der Waals surface area contributed by atoms with Crippen LogP contribution in [0, 0.1) is 16.3 Å². The second kappa shape index (κ2) is 5.48. The van der Waals surface area contributed by atoms with Gasteiger partial charge in [-0.1, -0.05) is 12.1 Å². The van der Waals surface area contributed by atoms with Crippen molar-refractivity contribution in [1.29, 1.82) is 0 Å². The predicted octanol–water partition coefficient (Wildman–Crippen LogP) is 3.99. The first-order valence-electron chi connectivity index (χ1n) is 5.40. The largest absolute Gasteiger partial charge is 0.322 e. The fourth-order valence-electron chi connectivity index (χ4n) is 1.57. The summed E-state index contributed by atoms with van der Waals surface area (Å²) in [5.41, 5.74) is 1.72. The van der Waals surface area contributed by atoms with E-state index in [1.54, 1.807) is 25.1 Å². The summed E-state index contributed by atoms with van der Waals surface area (Å²) in [6.45, 7) is 1.66. The lowest BCUT2D eigenvalue weighted by atomic mass is 10.2. The molecule has 0 atom stereocenters. The Balaban J connectivity index is 2.22. The minimum absolute atomic E-state index is 0.189. The van der Waals surface area contributed by atoms with E-state index in [1.807, 2.05) is 18.2 Å². The monoisotopic (exact) mass is 355 g/mol. The van der Waals surface area contributed by atoms with Gasteiger partial charge in [0.05, 0.1) is 5.56 Å². The summed E-state index contributed by atoms with van der Waals surface area (Å²) in [5.74, 6) is -0.465. The quantitative estimate of drug-likeness (QED) is 0.811. The van der Waals surface area contributed by atoms with Crippen LogP contribution in [0.5, 0.6) is 0 Å². The third-order valence-corrected chi connectivity index (χ3v) is 3.47. The normalized spacial score (nSPS) is 10.2. The molecule has 0 aliphatic heterocycles. The van der Waals surface area contributed by atoms with Crippen LogP contribution in [0.25, 0.3) is 0 Å². The number of benzene rings is 2. The molecule has 2 aromatic carbocycles. The first kappa shape index (κ1) is 13.0. The molecule has 0 aliphatic rings. The number of halogens is 2. The van der Waals surface area contributed by atoms with Gasteiger partial charge in [-0.15, -0.1) is 0 Å². The number of anilines is 1. The zero-order valence-corrected chi connectivity index (χ0v) is 11.9. The van der Waals surface area contributed by atoms with E-state index in [1.165, 1.54) is 6.07 Å². The van der Waals surface area contributed by atoms with E-state index in [9.17, 15) is 9.18 Å². The molecular formula is C14H11FINO. The summed E-state index contributed by atoms with van der Waals surface area (Å²) in [4.78, 5) is 12.0. The number of amides is 1. The maximum absolute atomic E-state index is 13.1. The zero-order chi connectivity index (χ0) is 13.1. The van der Waals surface area contributed by atoms with Gasteiger partial charge in [0.2, 0.25) is 0 Å². The number of nitrogens with one attached hydrogen (secondary N) is 1. The highest BCUT2D eigenvalue weighted by molar-refractivity contribution is 14.1. The van der Waals surface area contributed by atoms with Gasteiger partial charge in [-0.2, -0.15) is 0 Å². The molecule has 0 bridgehead atoms. The van der Waals surface area contributed by atoms with Gasteiger partial charge in [0.15, 0.2) is 0 Å². The van der Waals surface area contributed by atoms with Crippen molar-refractivity contribution in [2.45, 2.75) is 6.92 Å². The summed E-state index contributed by atoms with van der Waals surface area (Å²) in [6.07, 6.45) is 0. The lowest BCUT2D eigenvalue weighted by Gasteiger charge is -2.07. The maximum Gasteiger partial charge on any atom is 0.256 e. The molecule has 0 fully saturated rings. The van der Waals surface area contributed by atoms with Crippen LogP contribution >= 0.6 is 22.6 Å². The van der Waals surface area contributed by atoms with Crippen molar-refractivity contribution < 1.29 is 9.18 Å². The summed E-state index contributed by atoms with van der Waals surface area (Å²) in [6, 6.07) is 11.8. The molecule has 0 aromatic heterocycles. The fraction of sp³-hybridized carbons (Fsp3) is 0.0714. The molecule has 92 valence electrons. The lowest BCUT2D eigenvalue weighted by Crippen LogP contribution is -2.13. The van der Waals surface area contributed by atoms with Crippen LogP contribution in [0.1, 0.15) is 15.9 Å². The lowest BCUT2D eigenvalue weighted by molar-refractivity contribution is 0.102. The molecule has 0 heterocycles. The van der Waals surface area contributed by atoms with Gasteiger partial charge in [-0.3, -0.25) is 4.79 Å². The van der Waals surface area contributed by atoms with Gasteiger partial charge in [0.25, 0.3) is 5.91 Å². The smallest absolute Gasteiger partial charge is 0.256 e. The first-order chi connectivity index (χ1) is 8.58. The number of carbonyl (C=O) groups is 1. The van der Waals surface area contributed by atoms with Crippen LogP contribution in [0.3, 0.4) is 0 Å². The Morgan fingerprint density at radius 1 is 1.22 bits per heavy atom. The van der Waals surface area contributed by atoms with E-state index in [-0.39, 0.29) is 11.7 Å². The van der Waals surface area contributed by atoms with E-state index >= 15 is 0 Å². The van der Waals surface area contributed by atoms with Crippen molar-refractivity contribution >= 4 is 34.2 Å². The van der Waals surface area contributed by atoms with Crippen LogP contribution < -0.4 is 5.32 Å². The minimum Gasteiger partial charge on any atom is -0.322 e. The molecule has 0 aliphatic carbocycles. The van der Waals surface area contributed by atoms with E-state index in [0.29, 0.717) is 16.8 Å². The van der Waals surface area contributed by atoms with Crippen molar-refractivity contribution in [3.8, 4) is 0 Å². The molecule has 0 radical (unpaired) electrons. The van der Waals surface area contributed by atoms with Crippen molar-refractivity contribution in [2.75, 3.05) is 5.32 Å². The highest BCUT2D eigenvalue weighted by atomic mass is 127. The first-order valence-corrected chi connectivity index (χ1v) is 6.48. The van der Waals surface area contributed by atoms with Crippen LogP contribution in [-0.4, -0.2) is 5.91 Å². The number of rotatable bonds is 2. The third kappa shape index (κ3) is 2.87. The molecule has 4 heteroatoms. The SMILES string of the molecule is Cc1cc(NC(=O)c2ccccc2I)ccc1F. The summed E-state index contributed by atoms with van der Waals surface area (Å²) in [7, 11) is 0. The van der Waals surface area contributed by atoms with Crippen molar-refractivity contribution in [3.63, 3.8) is 0 Å². The average Bonchev–Trinajstić information content (AvgIpc) is 2.34. The van der Waals surface area contributed by atoms with E-state index in [0.717, 1.165) is 3.57 Å². The topological polar surface area (TPSA) is 29.1 Å². The highest BCUT2D eigenvalue weighted by Gasteiger charge is 2.09.